The molecule has 1 aliphatic rings. The fraction of sp³-hybridized carbons (Fsp3) is 0.643. The summed E-state index contributed by atoms with van der Waals surface area (Å²) < 4.78 is 5.39. The molecule has 0 radical (unpaired) electrons. The molecule has 0 aliphatic heterocycles. The van der Waals surface area contributed by atoms with E-state index in [0.29, 0.717) is 17.9 Å². The first-order valence-corrected chi connectivity index (χ1v) is 6.56. The zero-order valence-corrected chi connectivity index (χ0v) is 10.8. The van der Waals surface area contributed by atoms with Gasteiger partial charge in [-0.15, -0.1) is 0 Å². The second-order valence-electron chi connectivity index (χ2n) is 5.17. The predicted molar refractivity (Wildman–Crippen MR) is 70.5 cm³/mol. The van der Waals surface area contributed by atoms with E-state index in [1.165, 1.54) is 25.7 Å². The van der Waals surface area contributed by atoms with E-state index in [0.717, 1.165) is 12.4 Å². The van der Waals surface area contributed by atoms with Gasteiger partial charge in [0, 0.05) is 12.6 Å². The van der Waals surface area contributed by atoms with Crippen molar-refractivity contribution in [1.82, 2.24) is 4.98 Å². The summed E-state index contributed by atoms with van der Waals surface area (Å²) in [6, 6.07) is 5.88. The van der Waals surface area contributed by atoms with Gasteiger partial charge < -0.3 is 10.1 Å². The van der Waals surface area contributed by atoms with Gasteiger partial charge in [0.1, 0.15) is 5.82 Å². The fourth-order valence-corrected chi connectivity index (χ4v) is 2.45. The SMILES string of the molecule is CCOc1cccc(NCC2(C)CCCC2)n1. The number of nitrogens with one attached hydrogen (secondary N) is 1. The molecule has 94 valence electrons. The standard InChI is InChI=1S/C14H22N2O/c1-3-17-13-8-6-7-12(16-13)15-11-14(2)9-4-5-10-14/h6-8H,3-5,9-11H2,1-2H3,(H,15,16). The van der Waals surface area contributed by atoms with E-state index in [9.17, 15) is 0 Å². The Bertz CT molecular complexity index is 359. The molecule has 0 bridgehead atoms. The zero-order valence-electron chi connectivity index (χ0n) is 10.8. The third-order valence-corrected chi connectivity index (χ3v) is 3.52. The van der Waals surface area contributed by atoms with Crippen molar-refractivity contribution in [1.29, 1.82) is 0 Å². The molecule has 1 fully saturated rings. The first kappa shape index (κ1) is 12.2. The highest BCUT2D eigenvalue weighted by Crippen LogP contribution is 2.37. The lowest BCUT2D eigenvalue weighted by atomic mass is 9.89. The van der Waals surface area contributed by atoms with Crippen LogP contribution >= 0.6 is 0 Å². The zero-order chi connectivity index (χ0) is 12.1. The van der Waals surface area contributed by atoms with E-state index in [1.54, 1.807) is 0 Å². The smallest absolute Gasteiger partial charge is 0.215 e. The molecule has 1 aromatic heterocycles. The van der Waals surface area contributed by atoms with Crippen molar-refractivity contribution in [2.75, 3.05) is 18.5 Å². The van der Waals surface area contributed by atoms with Gasteiger partial charge >= 0.3 is 0 Å². The van der Waals surface area contributed by atoms with E-state index < -0.39 is 0 Å². The molecule has 2 rings (SSSR count). The maximum absolute atomic E-state index is 5.39. The van der Waals surface area contributed by atoms with Crippen molar-refractivity contribution in [2.45, 2.75) is 39.5 Å². The van der Waals surface area contributed by atoms with Crippen molar-refractivity contribution >= 4 is 5.82 Å². The molecule has 0 amide bonds. The number of anilines is 1. The Hall–Kier alpha value is -1.25. The van der Waals surface area contributed by atoms with Crippen LogP contribution in [0.25, 0.3) is 0 Å². The van der Waals surface area contributed by atoms with Crippen LogP contribution in [-0.4, -0.2) is 18.1 Å². The third kappa shape index (κ3) is 3.35. The van der Waals surface area contributed by atoms with E-state index in [1.807, 2.05) is 25.1 Å². The van der Waals surface area contributed by atoms with Crippen molar-refractivity contribution in [3.63, 3.8) is 0 Å². The average Bonchev–Trinajstić information content (AvgIpc) is 2.76. The van der Waals surface area contributed by atoms with Gasteiger partial charge in [-0.2, -0.15) is 4.98 Å². The van der Waals surface area contributed by atoms with Gasteiger partial charge in [0.25, 0.3) is 0 Å². The number of hydrogen-bond donors (Lipinski definition) is 1. The molecule has 17 heavy (non-hydrogen) atoms. The Morgan fingerprint density at radius 3 is 2.82 bits per heavy atom. The number of rotatable bonds is 5. The highest BCUT2D eigenvalue weighted by Gasteiger charge is 2.28. The summed E-state index contributed by atoms with van der Waals surface area (Å²) in [6.45, 7) is 6.00. The predicted octanol–water partition coefficient (Wildman–Crippen LogP) is 3.47. The van der Waals surface area contributed by atoms with Crippen LogP contribution in [0.5, 0.6) is 5.88 Å². The van der Waals surface area contributed by atoms with Crippen molar-refractivity contribution in [3.8, 4) is 5.88 Å². The number of pyridine rings is 1. The fourth-order valence-electron chi connectivity index (χ4n) is 2.45. The molecule has 0 unspecified atom stereocenters. The van der Waals surface area contributed by atoms with Gasteiger partial charge in [0.15, 0.2) is 0 Å². The number of ether oxygens (including phenoxy) is 1. The van der Waals surface area contributed by atoms with E-state index in [4.69, 9.17) is 4.74 Å². The Kier molecular flexibility index (Phi) is 3.87. The molecule has 0 saturated heterocycles. The van der Waals surface area contributed by atoms with E-state index in [-0.39, 0.29) is 0 Å². The summed E-state index contributed by atoms with van der Waals surface area (Å²) in [5, 5.41) is 3.43. The van der Waals surface area contributed by atoms with Crippen LogP contribution in [0.15, 0.2) is 18.2 Å². The Balaban J connectivity index is 1.91. The number of aromatic nitrogens is 1. The van der Waals surface area contributed by atoms with Crippen LogP contribution in [0.4, 0.5) is 5.82 Å². The molecule has 0 atom stereocenters. The van der Waals surface area contributed by atoms with Gasteiger partial charge in [-0.1, -0.05) is 25.8 Å². The molecule has 1 aliphatic carbocycles. The molecular weight excluding hydrogens is 212 g/mol. The molecular formula is C14H22N2O. The van der Waals surface area contributed by atoms with E-state index in [2.05, 4.69) is 17.2 Å². The Labute approximate surface area is 104 Å². The van der Waals surface area contributed by atoms with Crippen LogP contribution in [0.3, 0.4) is 0 Å². The summed E-state index contributed by atoms with van der Waals surface area (Å²) in [5.74, 6) is 1.62. The topological polar surface area (TPSA) is 34.1 Å². The first-order valence-electron chi connectivity index (χ1n) is 6.56. The molecule has 1 heterocycles. The monoisotopic (exact) mass is 234 g/mol. The third-order valence-electron chi connectivity index (χ3n) is 3.52. The number of nitrogens with zero attached hydrogens (tertiary/aromatic N) is 1. The molecule has 1 N–H and O–H groups in total. The second kappa shape index (κ2) is 5.39. The van der Waals surface area contributed by atoms with Crippen LogP contribution in [0, 0.1) is 5.41 Å². The van der Waals surface area contributed by atoms with Gasteiger partial charge in [-0.25, -0.2) is 0 Å². The summed E-state index contributed by atoms with van der Waals surface area (Å²) >= 11 is 0. The highest BCUT2D eigenvalue weighted by molar-refractivity contribution is 5.37. The Morgan fingerprint density at radius 2 is 2.12 bits per heavy atom. The van der Waals surface area contributed by atoms with Crippen LogP contribution < -0.4 is 10.1 Å². The van der Waals surface area contributed by atoms with Crippen molar-refractivity contribution in [2.24, 2.45) is 5.41 Å². The Morgan fingerprint density at radius 1 is 1.35 bits per heavy atom. The van der Waals surface area contributed by atoms with Gasteiger partial charge in [-0.05, 0) is 31.2 Å². The summed E-state index contributed by atoms with van der Waals surface area (Å²) in [6.07, 6.45) is 5.38. The maximum atomic E-state index is 5.39. The second-order valence-corrected chi connectivity index (χ2v) is 5.17. The molecule has 0 spiro atoms. The lowest BCUT2D eigenvalue weighted by Gasteiger charge is -2.24. The van der Waals surface area contributed by atoms with Crippen molar-refractivity contribution in [3.05, 3.63) is 18.2 Å². The minimum Gasteiger partial charge on any atom is -0.478 e. The van der Waals surface area contributed by atoms with Crippen LogP contribution in [-0.2, 0) is 0 Å². The van der Waals surface area contributed by atoms with Gasteiger partial charge in [-0.3, -0.25) is 0 Å². The average molecular weight is 234 g/mol. The summed E-state index contributed by atoms with van der Waals surface area (Å²) in [5.41, 5.74) is 0.448. The van der Waals surface area contributed by atoms with E-state index >= 15 is 0 Å². The number of hydrogen-bond acceptors (Lipinski definition) is 3. The van der Waals surface area contributed by atoms with Crippen LogP contribution in [0.2, 0.25) is 0 Å². The molecule has 0 aromatic carbocycles. The highest BCUT2D eigenvalue weighted by atomic mass is 16.5. The maximum Gasteiger partial charge on any atom is 0.215 e. The molecule has 1 aromatic rings. The lowest BCUT2D eigenvalue weighted by molar-refractivity contribution is 0.326. The van der Waals surface area contributed by atoms with Crippen molar-refractivity contribution < 1.29 is 4.74 Å². The van der Waals surface area contributed by atoms with Gasteiger partial charge in [0.05, 0.1) is 6.61 Å². The van der Waals surface area contributed by atoms with Gasteiger partial charge in [0.2, 0.25) is 5.88 Å². The molecule has 3 nitrogen and oxygen atoms in total. The minimum absolute atomic E-state index is 0.448. The molecule has 3 heteroatoms. The largest absolute Gasteiger partial charge is 0.478 e. The van der Waals surface area contributed by atoms with Crippen LogP contribution in [0.1, 0.15) is 39.5 Å². The molecule has 1 saturated carbocycles. The lowest BCUT2D eigenvalue weighted by Crippen LogP contribution is -2.23. The first-order chi connectivity index (χ1) is 8.22. The normalized spacial score (nSPS) is 18.0. The quantitative estimate of drug-likeness (QED) is 0.847. The summed E-state index contributed by atoms with van der Waals surface area (Å²) in [7, 11) is 0. The summed E-state index contributed by atoms with van der Waals surface area (Å²) in [4.78, 5) is 4.42. The minimum atomic E-state index is 0.448.